The molecule has 1 saturated heterocycles. The largest absolute Gasteiger partial charge is 0.507 e. The fourth-order valence-electron chi connectivity index (χ4n) is 3.80. The summed E-state index contributed by atoms with van der Waals surface area (Å²) in [7, 11) is 2.24. The van der Waals surface area contributed by atoms with Crippen LogP contribution in [0.1, 0.15) is 23.6 Å². The third-order valence-electron chi connectivity index (χ3n) is 5.60. The van der Waals surface area contributed by atoms with E-state index in [-0.39, 0.29) is 28.3 Å². The summed E-state index contributed by atoms with van der Waals surface area (Å²) < 4.78 is 36.2. The summed E-state index contributed by atoms with van der Waals surface area (Å²) in [4.78, 5) is 27.4. The lowest BCUT2D eigenvalue weighted by molar-refractivity contribution is -0.140. The average Bonchev–Trinajstić information content (AvgIpc) is 3.08. The van der Waals surface area contributed by atoms with Crippen molar-refractivity contribution < 1.29 is 32.6 Å². The fourth-order valence-corrected chi connectivity index (χ4v) is 4.70. The molecule has 0 aromatic heterocycles. The molecule has 0 bridgehead atoms. The number of carbonyl (C=O) groups is 2. The van der Waals surface area contributed by atoms with Crippen LogP contribution in [0.5, 0.6) is 5.75 Å². The van der Waals surface area contributed by atoms with Crippen molar-refractivity contribution in [2.45, 2.75) is 17.4 Å². The third kappa shape index (κ3) is 4.84. The van der Waals surface area contributed by atoms with Crippen LogP contribution in [0.25, 0.3) is 5.76 Å². The van der Waals surface area contributed by atoms with Gasteiger partial charge in [0.25, 0.3) is 11.7 Å². The van der Waals surface area contributed by atoms with E-state index >= 15 is 0 Å². The summed E-state index contributed by atoms with van der Waals surface area (Å²) in [6.07, 6.45) is 0.501. The van der Waals surface area contributed by atoms with Crippen LogP contribution in [0, 0.1) is 0 Å². The minimum Gasteiger partial charge on any atom is -0.507 e. The van der Waals surface area contributed by atoms with E-state index in [2.05, 4.69) is 0 Å². The average molecular weight is 489 g/mol. The van der Waals surface area contributed by atoms with Gasteiger partial charge in [-0.3, -0.25) is 9.59 Å². The summed E-state index contributed by atoms with van der Waals surface area (Å²) in [6, 6.07) is 11.6. The lowest BCUT2D eigenvalue weighted by Crippen LogP contribution is -2.31. The molecule has 1 N–H and O–H groups in total. The number of ketones is 1. The van der Waals surface area contributed by atoms with Gasteiger partial charge >= 0.3 is 0 Å². The van der Waals surface area contributed by atoms with Crippen LogP contribution in [-0.4, -0.2) is 75.9 Å². The lowest BCUT2D eigenvalue weighted by atomic mass is 9.95. The standard InChI is InChI=1S/C24H28N2O7S/c1-25(2)34(30,31)19-11-9-16(10-12-19)22(27)20-21(17-7-5-8-18(15-17)33-4)26(13-6-14-32-3)24(29)23(20)28/h5,7-12,15,21,27H,6,13-14H2,1-4H3/t21-/m1/s1. The molecule has 9 nitrogen and oxygen atoms in total. The first-order valence-electron chi connectivity index (χ1n) is 10.6. The number of methoxy groups -OCH3 is 2. The van der Waals surface area contributed by atoms with Crippen LogP contribution >= 0.6 is 0 Å². The Balaban J connectivity index is 2.11. The summed E-state index contributed by atoms with van der Waals surface area (Å²) in [5.41, 5.74) is 0.753. The molecule has 0 spiro atoms. The lowest BCUT2D eigenvalue weighted by Gasteiger charge is -2.25. The zero-order valence-corrected chi connectivity index (χ0v) is 20.3. The van der Waals surface area contributed by atoms with Crippen molar-refractivity contribution >= 4 is 27.5 Å². The van der Waals surface area contributed by atoms with Crippen LogP contribution in [-0.2, 0) is 24.3 Å². The highest BCUT2D eigenvalue weighted by molar-refractivity contribution is 7.89. The Bertz CT molecular complexity index is 1200. The number of hydrogen-bond donors (Lipinski definition) is 1. The molecule has 0 aliphatic carbocycles. The molecule has 1 aliphatic rings. The highest BCUT2D eigenvalue weighted by atomic mass is 32.2. The fraction of sp³-hybridized carbons (Fsp3) is 0.333. The molecule has 3 rings (SSSR count). The smallest absolute Gasteiger partial charge is 0.295 e. The number of Topliss-reactive ketones (excluding diaryl/α,β-unsaturated/α-hetero) is 1. The van der Waals surface area contributed by atoms with E-state index in [9.17, 15) is 23.1 Å². The highest BCUT2D eigenvalue weighted by Crippen LogP contribution is 2.40. The molecule has 0 saturated carbocycles. The number of hydrogen-bond acceptors (Lipinski definition) is 7. The topological polar surface area (TPSA) is 113 Å². The molecule has 2 aromatic carbocycles. The van der Waals surface area contributed by atoms with Crippen molar-refractivity contribution in [3.63, 3.8) is 0 Å². The zero-order valence-electron chi connectivity index (χ0n) is 19.5. The number of aliphatic hydroxyl groups is 1. The quantitative estimate of drug-likeness (QED) is 0.250. The van der Waals surface area contributed by atoms with E-state index in [0.29, 0.717) is 24.3 Å². The molecule has 1 aliphatic heterocycles. The van der Waals surface area contributed by atoms with Gasteiger partial charge in [-0.1, -0.05) is 12.1 Å². The van der Waals surface area contributed by atoms with Gasteiger partial charge in [0.2, 0.25) is 10.0 Å². The molecule has 2 aromatic rings. The predicted octanol–water partition coefficient (Wildman–Crippen LogP) is 2.40. The second-order valence-corrected chi connectivity index (χ2v) is 10.1. The van der Waals surface area contributed by atoms with Crippen LogP contribution in [0.2, 0.25) is 0 Å². The van der Waals surface area contributed by atoms with Crippen molar-refractivity contribution in [3.05, 3.63) is 65.2 Å². The molecule has 10 heteroatoms. The number of amides is 1. The number of nitrogens with zero attached hydrogens (tertiary/aromatic N) is 2. The van der Waals surface area contributed by atoms with E-state index in [1.165, 1.54) is 50.4 Å². The SMILES string of the molecule is COCCCN1C(=O)C(=O)C(=C(O)c2ccc(S(=O)(=O)N(C)C)cc2)[C@H]1c1cccc(OC)c1. The zero-order chi connectivity index (χ0) is 25.0. The van der Waals surface area contributed by atoms with Crippen LogP contribution < -0.4 is 4.74 Å². The number of benzene rings is 2. The van der Waals surface area contributed by atoms with Gasteiger partial charge in [-0.05, 0) is 48.4 Å². The van der Waals surface area contributed by atoms with Crippen molar-refractivity contribution in [3.8, 4) is 5.75 Å². The van der Waals surface area contributed by atoms with Gasteiger partial charge in [0.15, 0.2) is 0 Å². The van der Waals surface area contributed by atoms with Crippen molar-refractivity contribution in [2.75, 3.05) is 41.5 Å². The maximum Gasteiger partial charge on any atom is 0.295 e. The maximum absolute atomic E-state index is 13.0. The first kappa shape index (κ1) is 25.4. The van der Waals surface area contributed by atoms with Gasteiger partial charge in [-0.15, -0.1) is 0 Å². The second kappa shape index (κ2) is 10.4. The number of sulfonamides is 1. The Kier molecular flexibility index (Phi) is 7.75. The van der Waals surface area contributed by atoms with E-state index in [0.717, 1.165) is 4.31 Å². The summed E-state index contributed by atoms with van der Waals surface area (Å²) in [6.45, 7) is 0.646. The monoisotopic (exact) mass is 488 g/mol. The van der Waals surface area contributed by atoms with Crippen molar-refractivity contribution in [1.82, 2.24) is 9.21 Å². The van der Waals surface area contributed by atoms with Gasteiger partial charge in [0, 0.05) is 39.9 Å². The first-order valence-corrected chi connectivity index (χ1v) is 12.0. The van der Waals surface area contributed by atoms with Gasteiger partial charge in [0.1, 0.15) is 11.5 Å². The molecule has 1 amide bonds. The van der Waals surface area contributed by atoms with Crippen LogP contribution in [0.4, 0.5) is 0 Å². The number of carbonyl (C=O) groups excluding carboxylic acids is 2. The Hall–Kier alpha value is -3.21. The molecular weight excluding hydrogens is 460 g/mol. The van der Waals surface area contributed by atoms with Crippen molar-refractivity contribution in [2.24, 2.45) is 0 Å². The minimum absolute atomic E-state index is 0.0402. The Morgan fingerprint density at radius 3 is 2.35 bits per heavy atom. The molecule has 1 fully saturated rings. The molecule has 1 heterocycles. The summed E-state index contributed by atoms with van der Waals surface area (Å²) in [5.74, 6) is -1.38. The number of aliphatic hydroxyl groups excluding tert-OH is 1. The second-order valence-electron chi connectivity index (χ2n) is 7.93. The first-order chi connectivity index (χ1) is 16.1. The van der Waals surface area contributed by atoms with Crippen molar-refractivity contribution in [1.29, 1.82) is 0 Å². The van der Waals surface area contributed by atoms with Gasteiger partial charge < -0.3 is 19.5 Å². The molecule has 34 heavy (non-hydrogen) atoms. The molecule has 0 unspecified atom stereocenters. The molecule has 1 atom stereocenters. The Labute approximate surface area is 199 Å². The van der Waals surface area contributed by atoms with E-state index in [1.54, 1.807) is 31.4 Å². The predicted molar refractivity (Wildman–Crippen MR) is 126 cm³/mol. The summed E-state index contributed by atoms with van der Waals surface area (Å²) in [5, 5.41) is 11.1. The third-order valence-corrected chi connectivity index (χ3v) is 7.43. The molecular formula is C24H28N2O7S. The number of likely N-dealkylation sites (tertiary alicyclic amines) is 1. The van der Waals surface area contributed by atoms with Gasteiger partial charge in [-0.25, -0.2) is 12.7 Å². The van der Waals surface area contributed by atoms with E-state index in [4.69, 9.17) is 9.47 Å². The highest BCUT2D eigenvalue weighted by Gasteiger charge is 2.45. The Morgan fingerprint density at radius 2 is 1.76 bits per heavy atom. The number of ether oxygens (including phenoxy) is 2. The number of rotatable bonds is 9. The Morgan fingerprint density at radius 1 is 1.09 bits per heavy atom. The van der Waals surface area contributed by atoms with E-state index < -0.39 is 27.8 Å². The van der Waals surface area contributed by atoms with E-state index in [1.807, 2.05) is 0 Å². The summed E-state index contributed by atoms with van der Waals surface area (Å²) >= 11 is 0. The minimum atomic E-state index is -3.66. The normalized spacial score (nSPS) is 18.0. The van der Waals surface area contributed by atoms with Crippen LogP contribution in [0.15, 0.2) is 59.0 Å². The molecule has 0 radical (unpaired) electrons. The van der Waals surface area contributed by atoms with Gasteiger partial charge in [0.05, 0.1) is 23.6 Å². The van der Waals surface area contributed by atoms with Crippen LogP contribution in [0.3, 0.4) is 0 Å². The maximum atomic E-state index is 13.0. The van der Waals surface area contributed by atoms with Gasteiger partial charge in [-0.2, -0.15) is 0 Å². The molecule has 182 valence electrons.